The number of halogens is 3. The van der Waals surface area contributed by atoms with Crippen LogP contribution in [-0.2, 0) is 0 Å². The van der Waals surface area contributed by atoms with E-state index < -0.39 is 0 Å². The van der Waals surface area contributed by atoms with Crippen LogP contribution in [-0.4, -0.2) is 5.91 Å². The monoisotopic (exact) mass is 387 g/mol. The predicted octanol–water partition coefficient (Wildman–Crippen LogP) is 5.12. The minimum atomic E-state index is -0.189. The Balaban J connectivity index is 2.25. The molecule has 18 heavy (non-hydrogen) atoms. The Morgan fingerprint density at radius 2 is 1.78 bits per heavy atom. The Kier molecular flexibility index (Phi) is 4.43. The number of anilines is 1. The topological polar surface area (TPSA) is 29.1 Å². The average Bonchev–Trinajstić information content (AvgIpc) is 2.32. The maximum atomic E-state index is 12.1. The summed E-state index contributed by atoms with van der Waals surface area (Å²) in [5.41, 5.74) is 1.26. The largest absolute Gasteiger partial charge is 0.321 e. The van der Waals surface area contributed by atoms with Crippen molar-refractivity contribution in [3.8, 4) is 0 Å². The molecule has 92 valence electrons. The van der Waals surface area contributed by atoms with Crippen molar-refractivity contribution < 1.29 is 4.79 Å². The molecule has 2 aromatic carbocycles. The summed E-state index contributed by atoms with van der Waals surface area (Å²) < 4.78 is 1.50. The zero-order chi connectivity index (χ0) is 13.1. The van der Waals surface area contributed by atoms with Crippen LogP contribution in [0.15, 0.2) is 51.4 Å². The summed E-state index contributed by atoms with van der Waals surface area (Å²) in [7, 11) is 0. The molecule has 0 heterocycles. The smallest absolute Gasteiger partial charge is 0.256 e. The molecular weight excluding hydrogens is 381 g/mol. The summed E-state index contributed by atoms with van der Waals surface area (Å²) in [6, 6.07) is 12.5. The van der Waals surface area contributed by atoms with Crippen molar-refractivity contribution in [1.29, 1.82) is 0 Å². The highest BCUT2D eigenvalue weighted by atomic mass is 79.9. The van der Waals surface area contributed by atoms with E-state index in [4.69, 9.17) is 11.6 Å². The van der Waals surface area contributed by atoms with Crippen LogP contribution in [0.3, 0.4) is 0 Å². The van der Waals surface area contributed by atoms with Crippen LogP contribution in [0.5, 0.6) is 0 Å². The molecule has 0 saturated heterocycles. The van der Waals surface area contributed by atoms with Crippen molar-refractivity contribution in [3.05, 3.63) is 62.0 Å². The molecular formula is C13H8Br2ClNO. The Labute approximate surface area is 127 Å². The molecule has 1 N–H and O–H groups in total. The molecule has 0 aliphatic carbocycles. The molecule has 2 aromatic rings. The molecule has 0 aliphatic rings. The van der Waals surface area contributed by atoms with Gasteiger partial charge in [0.1, 0.15) is 0 Å². The summed E-state index contributed by atoms with van der Waals surface area (Å²) in [6.07, 6.45) is 0. The van der Waals surface area contributed by atoms with Crippen LogP contribution in [0.4, 0.5) is 5.69 Å². The first-order chi connectivity index (χ1) is 8.58. The Bertz CT molecular complexity index is 601. The zero-order valence-electron chi connectivity index (χ0n) is 9.08. The number of benzene rings is 2. The highest BCUT2D eigenvalue weighted by molar-refractivity contribution is 9.11. The minimum Gasteiger partial charge on any atom is -0.321 e. The summed E-state index contributed by atoms with van der Waals surface area (Å²) in [5, 5.41) is 3.41. The van der Waals surface area contributed by atoms with Crippen molar-refractivity contribution in [3.63, 3.8) is 0 Å². The van der Waals surface area contributed by atoms with Crippen LogP contribution in [0.1, 0.15) is 10.4 Å². The van der Waals surface area contributed by atoms with Gasteiger partial charge in [0.15, 0.2) is 0 Å². The lowest BCUT2D eigenvalue weighted by Gasteiger charge is -2.08. The second kappa shape index (κ2) is 5.87. The highest BCUT2D eigenvalue weighted by Crippen LogP contribution is 2.25. The fraction of sp³-hybridized carbons (Fsp3) is 0. The van der Waals surface area contributed by atoms with Crippen molar-refractivity contribution >= 4 is 55.1 Å². The van der Waals surface area contributed by atoms with E-state index in [2.05, 4.69) is 37.2 Å². The van der Waals surface area contributed by atoms with Crippen molar-refractivity contribution in [2.45, 2.75) is 0 Å². The standard InChI is InChI=1S/C13H8Br2ClNO/c14-10-3-1-2-4-12(10)17-13(18)9-6-5-8(16)7-11(9)15/h1-7H,(H,17,18). The molecule has 0 spiro atoms. The number of carbonyl (C=O) groups excluding carboxylic acids is 1. The van der Waals surface area contributed by atoms with Gasteiger partial charge in [-0.15, -0.1) is 0 Å². The van der Waals surface area contributed by atoms with Gasteiger partial charge >= 0.3 is 0 Å². The number of rotatable bonds is 2. The lowest BCUT2D eigenvalue weighted by atomic mass is 10.2. The van der Waals surface area contributed by atoms with Gasteiger partial charge in [0.05, 0.1) is 11.3 Å². The lowest BCUT2D eigenvalue weighted by Crippen LogP contribution is -2.12. The van der Waals surface area contributed by atoms with Crippen LogP contribution in [0, 0.1) is 0 Å². The van der Waals surface area contributed by atoms with E-state index in [1.54, 1.807) is 18.2 Å². The Morgan fingerprint density at radius 1 is 1.06 bits per heavy atom. The molecule has 0 aromatic heterocycles. The number of nitrogens with one attached hydrogen (secondary N) is 1. The third-order valence-electron chi connectivity index (χ3n) is 2.30. The summed E-state index contributed by atoms with van der Waals surface area (Å²) >= 11 is 12.5. The normalized spacial score (nSPS) is 10.2. The van der Waals surface area contributed by atoms with Gasteiger partial charge in [0, 0.05) is 14.0 Å². The number of hydrogen-bond donors (Lipinski definition) is 1. The van der Waals surface area contributed by atoms with Crippen molar-refractivity contribution in [2.75, 3.05) is 5.32 Å². The third kappa shape index (κ3) is 3.13. The molecule has 2 nitrogen and oxygen atoms in total. The van der Waals surface area contributed by atoms with Crippen LogP contribution >= 0.6 is 43.5 Å². The van der Waals surface area contributed by atoms with Crippen molar-refractivity contribution in [2.24, 2.45) is 0 Å². The van der Waals surface area contributed by atoms with Crippen LogP contribution in [0.25, 0.3) is 0 Å². The molecule has 0 bridgehead atoms. The van der Waals surface area contributed by atoms with E-state index in [-0.39, 0.29) is 5.91 Å². The van der Waals surface area contributed by atoms with Gasteiger partial charge in [0.2, 0.25) is 0 Å². The summed E-state index contributed by atoms with van der Waals surface area (Å²) in [4.78, 5) is 12.1. The van der Waals surface area contributed by atoms with Gasteiger partial charge in [-0.05, 0) is 62.2 Å². The van der Waals surface area contributed by atoms with Gasteiger partial charge in [0.25, 0.3) is 5.91 Å². The average molecular weight is 389 g/mol. The SMILES string of the molecule is O=C(Nc1ccccc1Br)c1ccc(Cl)cc1Br. The Hall–Kier alpha value is -0.840. The molecule has 0 saturated carbocycles. The van der Waals surface area contributed by atoms with E-state index in [0.717, 1.165) is 10.2 Å². The lowest BCUT2D eigenvalue weighted by molar-refractivity contribution is 0.102. The number of hydrogen-bond acceptors (Lipinski definition) is 1. The molecule has 0 unspecified atom stereocenters. The molecule has 0 aliphatic heterocycles. The summed E-state index contributed by atoms with van der Waals surface area (Å²) in [5.74, 6) is -0.189. The van der Waals surface area contributed by atoms with Crippen LogP contribution < -0.4 is 5.32 Å². The van der Waals surface area contributed by atoms with E-state index >= 15 is 0 Å². The second-order valence-electron chi connectivity index (χ2n) is 3.56. The number of para-hydroxylation sites is 1. The van der Waals surface area contributed by atoms with E-state index in [1.165, 1.54) is 0 Å². The molecule has 1 amide bonds. The van der Waals surface area contributed by atoms with Gasteiger partial charge < -0.3 is 5.32 Å². The van der Waals surface area contributed by atoms with E-state index in [9.17, 15) is 4.79 Å². The van der Waals surface area contributed by atoms with E-state index in [1.807, 2.05) is 24.3 Å². The maximum absolute atomic E-state index is 12.1. The van der Waals surface area contributed by atoms with Gasteiger partial charge in [-0.2, -0.15) is 0 Å². The molecule has 0 fully saturated rings. The third-order valence-corrected chi connectivity index (χ3v) is 3.88. The molecule has 0 atom stereocenters. The first-order valence-corrected chi connectivity index (χ1v) is 7.05. The van der Waals surface area contributed by atoms with Gasteiger partial charge in [-0.25, -0.2) is 0 Å². The zero-order valence-corrected chi connectivity index (χ0v) is 13.0. The highest BCUT2D eigenvalue weighted by Gasteiger charge is 2.11. The fourth-order valence-electron chi connectivity index (χ4n) is 1.43. The summed E-state index contributed by atoms with van der Waals surface area (Å²) in [6.45, 7) is 0. The first-order valence-electron chi connectivity index (χ1n) is 5.09. The number of amides is 1. The Morgan fingerprint density at radius 3 is 2.44 bits per heavy atom. The van der Waals surface area contributed by atoms with Crippen molar-refractivity contribution in [1.82, 2.24) is 0 Å². The maximum Gasteiger partial charge on any atom is 0.256 e. The second-order valence-corrected chi connectivity index (χ2v) is 5.70. The fourth-order valence-corrected chi connectivity index (χ4v) is 2.67. The van der Waals surface area contributed by atoms with Gasteiger partial charge in [-0.1, -0.05) is 23.7 Å². The first kappa shape index (κ1) is 13.6. The molecule has 2 rings (SSSR count). The minimum absolute atomic E-state index is 0.189. The molecule has 5 heteroatoms. The molecule has 0 radical (unpaired) electrons. The van der Waals surface area contributed by atoms with E-state index in [0.29, 0.717) is 15.1 Å². The quantitative estimate of drug-likeness (QED) is 0.759. The predicted molar refractivity (Wildman–Crippen MR) is 81.2 cm³/mol. The van der Waals surface area contributed by atoms with Crippen LogP contribution in [0.2, 0.25) is 5.02 Å². The van der Waals surface area contributed by atoms with Gasteiger partial charge in [-0.3, -0.25) is 4.79 Å². The number of carbonyl (C=O) groups is 1.